The van der Waals surface area contributed by atoms with Gasteiger partial charge < -0.3 is 15.8 Å². The minimum absolute atomic E-state index is 0.148. The Morgan fingerprint density at radius 1 is 1.03 bits per heavy atom. The summed E-state index contributed by atoms with van der Waals surface area (Å²) in [7, 11) is -3.27. The van der Waals surface area contributed by atoms with Crippen LogP contribution in [-0.4, -0.2) is 25.6 Å². The first-order valence-corrected chi connectivity index (χ1v) is 12.1. The maximum Gasteiger partial charge on any atom is 0.256 e. The fourth-order valence-electron chi connectivity index (χ4n) is 3.48. The van der Waals surface area contributed by atoms with E-state index in [9.17, 15) is 13.2 Å². The van der Waals surface area contributed by atoms with Gasteiger partial charge in [0.1, 0.15) is 12.4 Å². The predicted molar refractivity (Wildman–Crippen MR) is 129 cm³/mol. The van der Waals surface area contributed by atoms with Crippen molar-refractivity contribution in [2.24, 2.45) is 0 Å². The Labute approximate surface area is 192 Å². The number of carbonyl (C=O) groups excluding carboxylic acids is 1. The molecule has 1 heterocycles. The molecule has 1 amide bonds. The number of hydrogen-bond donors (Lipinski definition) is 2. The Kier molecular flexibility index (Phi) is 6.02. The molecule has 0 fully saturated rings. The molecule has 0 radical (unpaired) electrons. The fraction of sp³-hybridized carbons (Fsp3) is 0.120. The fourth-order valence-corrected chi connectivity index (χ4v) is 4.11. The van der Waals surface area contributed by atoms with E-state index < -0.39 is 9.84 Å². The van der Waals surface area contributed by atoms with Gasteiger partial charge in [-0.1, -0.05) is 18.2 Å². The molecule has 3 aromatic carbocycles. The molecule has 1 aromatic heterocycles. The van der Waals surface area contributed by atoms with Gasteiger partial charge >= 0.3 is 0 Å². The molecule has 0 atom stereocenters. The molecule has 0 saturated heterocycles. The van der Waals surface area contributed by atoms with E-state index in [0.29, 0.717) is 28.3 Å². The van der Waals surface area contributed by atoms with E-state index in [2.05, 4.69) is 10.3 Å². The Bertz CT molecular complexity index is 1450. The van der Waals surface area contributed by atoms with Gasteiger partial charge in [-0.05, 0) is 61.5 Å². The van der Waals surface area contributed by atoms with Gasteiger partial charge in [-0.3, -0.25) is 9.78 Å². The number of aryl methyl sites for hydroxylation is 1. The summed E-state index contributed by atoms with van der Waals surface area (Å²) in [5.74, 6) is 0.227. The maximum atomic E-state index is 13.0. The molecule has 8 heteroatoms. The van der Waals surface area contributed by atoms with Crippen molar-refractivity contribution in [2.75, 3.05) is 17.3 Å². The number of hydrogen-bond acceptors (Lipinski definition) is 6. The normalized spacial score (nSPS) is 11.3. The van der Waals surface area contributed by atoms with E-state index >= 15 is 0 Å². The van der Waals surface area contributed by atoms with Crippen LogP contribution in [0.5, 0.6) is 5.75 Å². The van der Waals surface area contributed by atoms with Crippen molar-refractivity contribution in [1.82, 2.24) is 4.98 Å². The van der Waals surface area contributed by atoms with Crippen molar-refractivity contribution in [3.63, 3.8) is 0 Å². The molecule has 3 N–H and O–H groups in total. The summed E-state index contributed by atoms with van der Waals surface area (Å²) in [4.78, 5) is 17.7. The molecular formula is C25H23N3O4S. The SMILES string of the molecule is Cc1cc(N)c2cc(NC(=O)c3ccccc3COc3ccc(S(C)(=O)=O)cc3)ccc2n1. The summed E-state index contributed by atoms with van der Waals surface area (Å²) in [5.41, 5.74) is 10.1. The van der Waals surface area contributed by atoms with Gasteiger partial charge in [0.25, 0.3) is 5.91 Å². The first-order chi connectivity index (χ1) is 15.7. The molecule has 4 rings (SSSR count). The van der Waals surface area contributed by atoms with Crippen LogP contribution in [0.4, 0.5) is 11.4 Å². The number of aromatic nitrogens is 1. The van der Waals surface area contributed by atoms with Crippen molar-refractivity contribution < 1.29 is 17.9 Å². The highest BCUT2D eigenvalue weighted by atomic mass is 32.2. The third kappa shape index (κ3) is 5.12. The Morgan fingerprint density at radius 2 is 1.76 bits per heavy atom. The molecule has 0 spiro atoms. The van der Waals surface area contributed by atoms with Gasteiger partial charge in [0.05, 0.1) is 10.4 Å². The molecule has 0 aliphatic rings. The third-order valence-corrected chi connectivity index (χ3v) is 6.26. The molecule has 4 aromatic rings. The van der Waals surface area contributed by atoms with Crippen LogP contribution in [0, 0.1) is 6.92 Å². The highest BCUT2D eigenvalue weighted by Crippen LogP contribution is 2.25. The molecule has 0 bridgehead atoms. The number of rotatable bonds is 6. The topological polar surface area (TPSA) is 111 Å². The lowest BCUT2D eigenvalue weighted by Crippen LogP contribution is -2.15. The monoisotopic (exact) mass is 461 g/mol. The zero-order valence-electron chi connectivity index (χ0n) is 18.2. The summed E-state index contributed by atoms with van der Waals surface area (Å²) < 4.78 is 29.0. The Balaban J connectivity index is 1.51. The van der Waals surface area contributed by atoms with E-state index in [1.54, 1.807) is 42.5 Å². The number of nitrogens with two attached hydrogens (primary N) is 1. The number of nitrogens with zero attached hydrogens (tertiary/aromatic N) is 1. The summed E-state index contributed by atoms with van der Waals surface area (Å²) in [6.45, 7) is 2.03. The minimum atomic E-state index is -3.27. The van der Waals surface area contributed by atoms with Crippen LogP contribution in [0.25, 0.3) is 10.9 Å². The lowest BCUT2D eigenvalue weighted by molar-refractivity contribution is 0.102. The van der Waals surface area contributed by atoms with Gasteiger partial charge in [-0.2, -0.15) is 0 Å². The average molecular weight is 462 g/mol. The summed E-state index contributed by atoms with van der Waals surface area (Å²) in [5, 5.41) is 3.68. The first kappa shape index (κ1) is 22.3. The zero-order chi connectivity index (χ0) is 23.6. The largest absolute Gasteiger partial charge is 0.489 e. The maximum absolute atomic E-state index is 13.0. The van der Waals surface area contributed by atoms with Gasteiger partial charge in [0.15, 0.2) is 9.84 Å². The van der Waals surface area contributed by atoms with E-state index in [1.807, 2.05) is 25.1 Å². The number of nitrogen functional groups attached to an aromatic ring is 1. The Hall–Kier alpha value is -3.91. The van der Waals surface area contributed by atoms with Crippen LogP contribution in [0.3, 0.4) is 0 Å². The number of pyridine rings is 1. The lowest BCUT2D eigenvalue weighted by Gasteiger charge is -2.12. The zero-order valence-corrected chi connectivity index (χ0v) is 19.0. The lowest BCUT2D eigenvalue weighted by atomic mass is 10.1. The van der Waals surface area contributed by atoms with Gasteiger partial charge in [-0.15, -0.1) is 0 Å². The smallest absolute Gasteiger partial charge is 0.256 e. The van der Waals surface area contributed by atoms with Crippen molar-refractivity contribution in [3.8, 4) is 5.75 Å². The third-order valence-electron chi connectivity index (χ3n) is 5.13. The summed E-state index contributed by atoms with van der Waals surface area (Å²) in [6, 6.07) is 20.5. The summed E-state index contributed by atoms with van der Waals surface area (Å²) >= 11 is 0. The quantitative estimate of drug-likeness (QED) is 0.441. The van der Waals surface area contributed by atoms with Gasteiger partial charge in [0.2, 0.25) is 0 Å². The molecule has 7 nitrogen and oxygen atoms in total. The summed E-state index contributed by atoms with van der Waals surface area (Å²) in [6.07, 6.45) is 1.15. The van der Waals surface area contributed by atoms with Crippen molar-refractivity contribution in [2.45, 2.75) is 18.4 Å². The molecule has 0 aliphatic heterocycles. The first-order valence-electron chi connectivity index (χ1n) is 10.2. The van der Waals surface area contributed by atoms with Crippen LogP contribution < -0.4 is 15.8 Å². The highest BCUT2D eigenvalue weighted by molar-refractivity contribution is 7.90. The number of fused-ring (bicyclic) bond motifs is 1. The highest BCUT2D eigenvalue weighted by Gasteiger charge is 2.13. The molecule has 0 unspecified atom stereocenters. The standard InChI is InChI=1S/C25H23N3O4S/c1-16-13-23(26)22-14-18(7-12-24(22)27-16)28-25(29)21-6-4-3-5-17(21)15-32-19-8-10-20(11-9-19)33(2,30)31/h3-14H,15H2,1-2H3,(H2,26,27)(H,28,29). The predicted octanol–water partition coefficient (Wildman–Crippen LogP) is 4.36. The van der Waals surface area contributed by atoms with Gasteiger partial charge in [0, 0.05) is 39.8 Å². The molecule has 168 valence electrons. The van der Waals surface area contributed by atoms with Crippen LogP contribution in [0.15, 0.2) is 77.7 Å². The van der Waals surface area contributed by atoms with Gasteiger partial charge in [-0.25, -0.2) is 8.42 Å². The van der Waals surface area contributed by atoms with Crippen LogP contribution >= 0.6 is 0 Å². The second kappa shape index (κ2) is 8.91. The van der Waals surface area contributed by atoms with E-state index in [1.165, 1.54) is 12.1 Å². The number of nitrogens with one attached hydrogen (secondary N) is 1. The second-order valence-electron chi connectivity index (χ2n) is 7.73. The number of amides is 1. The van der Waals surface area contributed by atoms with Crippen molar-refractivity contribution in [3.05, 3.63) is 89.6 Å². The van der Waals surface area contributed by atoms with E-state index in [-0.39, 0.29) is 17.4 Å². The van der Waals surface area contributed by atoms with Crippen LogP contribution in [-0.2, 0) is 16.4 Å². The number of benzene rings is 3. The number of carbonyl (C=O) groups is 1. The minimum Gasteiger partial charge on any atom is -0.489 e. The molecule has 33 heavy (non-hydrogen) atoms. The van der Waals surface area contributed by atoms with Crippen LogP contribution in [0.1, 0.15) is 21.6 Å². The van der Waals surface area contributed by atoms with E-state index in [0.717, 1.165) is 22.9 Å². The average Bonchev–Trinajstić information content (AvgIpc) is 2.78. The molecular weight excluding hydrogens is 438 g/mol. The number of sulfone groups is 1. The van der Waals surface area contributed by atoms with E-state index in [4.69, 9.17) is 10.5 Å². The van der Waals surface area contributed by atoms with Crippen molar-refractivity contribution >= 4 is 38.0 Å². The second-order valence-corrected chi connectivity index (χ2v) is 9.74. The molecule has 0 aliphatic carbocycles. The van der Waals surface area contributed by atoms with Crippen molar-refractivity contribution in [1.29, 1.82) is 0 Å². The Morgan fingerprint density at radius 3 is 2.48 bits per heavy atom. The number of ether oxygens (including phenoxy) is 1. The molecule has 0 saturated carbocycles. The number of anilines is 2. The van der Waals surface area contributed by atoms with Crippen LogP contribution in [0.2, 0.25) is 0 Å².